The Hall–Kier alpha value is -2.73. The van der Waals surface area contributed by atoms with Gasteiger partial charge in [0.25, 0.3) is 5.91 Å². The number of ether oxygens (including phenoxy) is 1. The zero-order valence-electron chi connectivity index (χ0n) is 14.0. The van der Waals surface area contributed by atoms with Crippen LogP contribution < -0.4 is 4.74 Å². The van der Waals surface area contributed by atoms with Crippen molar-refractivity contribution in [3.05, 3.63) is 88.3 Å². The van der Waals surface area contributed by atoms with Crippen molar-refractivity contribution in [2.45, 2.75) is 6.54 Å². The molecule has 4 nitrogen and oxygen atoms in total. The molecule has 0 saturated heterocycles. The number of hydrogen-bond acceptors (Lipinski definition) is 3. The first kappa shape index (κ1) is 18.1. The fraction of sp³-hybridized carbons (Fsp3) is 0.100. The second-order valence-electron chi connectivity index (χ2n) is 5.70. The molecular weight excluding hydrogens is 399 g/mol. The standard InChI is InChI=1S/C20H16BrFN2O2/c1-24(13-14-4-8-16(22)9-5-14)20(25)18-3-2-12-23-19(18)26-17-10-6-15(21)7-11-17/h2-12H,13H2,1H3. The number of pyridine rings is 1. The Kier molecular flexibility index (Phi) is 5.63. The second-order valence-corrected chi connectivity index (χ2v) is 6.62. The fourth-order valence-electron chi connectivity index (χ4n) is 2.39. The highest BCUT2D eigenvalue weighted by molar-refractivity contribution is 9.10. The van der Waals surface area contributed by atoms with Crippen LogP contribution >= 0.6 is 15.9 Å². The van der Waals surface area contributed by atoms with Crippen LogP contribution in [0.3, 0.4) is 0 Å². The maximum atomic E-state index is 13.0. The van der Waals surface area contributed by atoms with Gasteiger partial charge < -0.3 is 9.64 Å². The lowest BCUT2D eigenvalue weighted by Gasteiger charge is -2.18. The summed E-state index contributed by atoms with van der Waals surface area (Å²) in [6, 6.07) is 16.7. The lowest BCUT2D eigenvalue weighted by Crippen LogP contribution is -2.26. The van der Waals surface area contributed by atoms with E-state index in [2.05, 4.69) is 20.9 Å². The van der Waals surface area contributed by atoms with E-state index in [0.29, 0.717) is 17.9 Å². The maximum absolute atomic E-state index is 13.0. The quantitative estimate of drug-likeness (QED) is 0.586. The number of benzene rings is 2. The number of halogens is 2. The van der Waals surface area contributed by atoms with Crippen molar-refractivity contribution in [3.8, 4) is 11.6 Å². The number of carbonyl (C=O) groups is 1. The van der Waals surface area contributed by atoms with E-state index in [1.165, 1.54) is 12.1 Å². The minimum atomic E-state index is -0.305. The van der Waals surface area contributed by atoms with E-state index in [1.807, 2.05) is 12.1 Å². The predicted molar refractivity (Wildman–Crippen MR) is 101 cm³/mol. The molecule has 26 heavy (non-hydrogen) atoms. The average Bonchev–Trinajstić information content (AvgIpc) is 2.65. The third kappa shape index (κ3) is 4.46. The molecule has 132 valence electrons. The molecule has 0 aliphatic rings. The Balaban J connectivity index is 1.78. The van der Waals surface area contributed by atoms with E-state index in [0.717, 1.165) is 10.0 Å². The number of nitrogens with zero attached hydrogens (tertiary/aromatic N) is 2. The Morgan fingerprint density at radius 3 is 2.50 bits per heavy atom. The Labute approximate surface area is 159 Å². The van der Waals surface area contributed by atoms with Gasteiger partial charge in [0.2, 0.25) is 5.88 Å². The highest BCUT2D eigenvalue weighted by Gasteiger charge is 2.18. The summed E-state index contributed by atoms with van der Waals surface area (Å²) in [5, 5.41) is 0. The summed E-state index contributed by atoms with van der Waals surface area (Å²) in [6.45, 7) is 0.353. The molecule has 0 aliphatic heterocycles. The molecule has 1 amide bonds. The molecule has 0 atom stereocenters. The van der Waals surface area contributed by atoms with Gasteiger partial charge in [-0.3, -0.25) is 4.79 Å². The lowest BCUT2D eigenvalue weighted by atomic mass is 10.2. The molecule has 1 heterocycles. The van der Waals surface area contributed by atoms with E-state index in [4.69, 9.17) is 4.74 Å². The molecule has 0 radical (unpaired) electrons. The van der Waals surface area contributed by atoms with Crippen LogP contribution in [0.1, 0.15) is 15.9 Å². The minimum absolute atomic E-state index is 0.227. The molecule has 0 fully saturated rings. The monoisotopic (exact) mass is 414 g/mol. The van der Waals surface area contributed by atoms with Crippen LogP contribution in [-0.4, -0.2) is 22.8 Å². The van der Waals surface area contributed by atoms with Gasteiger partial charge in [-0.2, -0.15) is 0 Å². The average molecular weight is 415 g/mol. The van der Waals surface area contributed by atoms with Gasteiger partial charge in [0.15, 0.2) is 0 Å². The number of hydrogen-bond donors (Lipinski definition) is 0. The summed E-state index contributed by atoms with van der Waals surface area (Å²) in [7, 11) is 1.68. The summed E-state index contributed by atoms with van der Waals surface area (Å²) < 4.78 is 19.7. The van der Waals surface area contributed by atoms with Gasteiger partial charge in [0.05, 0.1) is 0 Å². The van der Waals surface area contributed by atoms with Gasteiger partial charge in [-0.25, -0.2) is 9.37 Å². The van der Waals surface area contributed by atoms with Crippen LogP contribution in [0.15, 0.2) is 71.3 Å². The normalized spacial score (nSPS) is 10.4. The molecule has 0 aliphatic carbocycles. The summed E-state index contributed by atoms with van der Waals surface area (Å²) in [5.74, 6) is 0.294. The van der Waals surface area contributed by atoms with Crippen molar-refractivity contribution in [1.29, 1.82) is 0 Å². The van der Waals surface area contributed by atoms with Crippen molar-refractivity contribution in [3.63, 3.8) is 0 Å². The van der Waals surface area contributed by atoms with Gasteiger partial charge in [0, 0.05) is 24.3 Å². The Morgan fingerprint density at radius 1 is 1.12 bits per heavy atom. The van der Waals surface area contributed by atoms with E-state index in [1.54, 1.807) is 54.5 Å². The fourth-order valence-corrected chi connectivity index (χ4v) is 2.65. The Morgan fingerprint density at radius 2 is 1.81 bits per heavy atom. The molecule has 0 spiro atoms. The van der Waals surface area contributed by atoms with Gasteiger partial charge in [-0.05, 0) is 54.1 Å². The Bertz CT molecular complexity index is 898. The van der Waals surface area contributed by atoms with E-state index >= 15 is 0 Å². The third-order valence-corrected chi connectivity index (χ3v) is 4.24. The van der Waals surface area contributed by atoms with Crippen molar-refractivity contribution >= 4 is 21.8 Å². The largest absolute Gasteiger partial charge is 0.438 e. The summed E-state index contributed by atoms with van der Waals surface area (Å²) in [5.41, 5.74) is 1.20. The van der Waals surface area contributed by atoms with Crippen LogP contribution in [-0.2, 0) is 6.54 Å². The molecule has 1 aromatic heterocycles. The molecule has 0 saturated carbocycles. The first-order chi connectivity index (χ1) is 12.5. The van der Waals surface area contributed by atoms with Gasteiger partial charge in [-0.15, -0.1) is 0 Å². The van der Waals surface area contributed by atoms with E-state index in [9.17, 15) is 9.18 Å². The summed E-state index contributed by atoms with van der Waals surface area (Å²) in [4.78, 5) is 18.5. The molecule has 3 aromatic rings. The molecule has 3 rings (SSSR count). The van der Waals surface area contributed by atoms with Crippen molar-refractivity contribution in [1.82, 2.24) is 9.88 Å². The van der Waals surface area contributed by atoms with Crippen LogP contribution in [0, 0.1) is 5.82 Å². The van der Waals surface area contributed by atoms with Crippen molar-refractivity contribution in [2.75, 3.05) is 7.05 Å². The topological polar surface area (TPSA) is 42.4 Å². The summed E-state index contributed by atoms with van der Waals surface area (Å²) in [6.07, 6.45) is 1.57. The van der Waals surface area contributed by atoms with Crippen LogP contribution in [0.25, 0.3) is 0 Å². The van der Waals surface area contributed by atoms with Gasteiger partial charge in [0.1, 0.15) is 17.1 Å². The van der Waals surface area contributed by atoms with E-state index in [-0.39, 0.29) is 17.6 Å². The number of aromatic nitrogens is 1. The maximum Gasteiger partial charge on any atom is 0.259 e. The molecule has 0 unspecified atom stereocenters. The minimum Gasteiger partial charge on any atom is -0.438 e. The number of rotatable bonds is 5. The van der Waals surface area contributed by atoms with Crippen molar-refractivity contribution in [2.24, 2.45) is 0 Å². The van der Waals surface area contributed by atoms with Crippen LogP contribution in [0.4, 0.5) is 4.39 Å². The van der Waals surface area contributed by atoms with Gasteiger partial charge in [-0.1, -0.05) is 28.1 Å². The van der Waals surface area contributed by atoms with E-state index < -0.39 is 0 Å². The lowest BCUT2D eigenvalue weighted by molar-refractivity contribution is 0.0781. The zero-order chi connectivity index (χ0) is 18.5. The number of amides is 1. The first-order valence-electron chi connectivity index (χ1n) is 7.91. The van der Waals surface area contributed by atoms with Crippen LogP contribution in [0.2, 0.25) is 0 Å². The highest BCUT2D eigenvalue weighted by atomic mass is 79.9. The molecular formula is C20H16BrFN2O2. The SMILES string of the molecule is CN(Cc1ccc(F)cc1)C(=O)c1cccnc1Oc1ccc(Br)cc1. The predicted octanol–water partition coefficient (Wildman–Crippen LogP) is 5.05. The first-order valence-corrected chi connectivity index (χ1v) is 8.70. The van der Waals surface area contributed by atoms with Crippen LogP contribution in [0.5, 0.6) is 11.6 Å². The second kappa shape index (κ2) is 8.10. The smallest absolute Gasteiger partial charge is 0.259 e. The molecule has 6 heteroatoms. The summed E-state index contributed by atoms with van der Waals surface area (Å²) >= 11 is 3.37. The van der Waals surface area contributed by atoms with Crippen molar-refractivity contribution < 1.29 is 13.9 Å². The third-order valence-electron chi connectivity index (χ3n) is 3.71. The molecule has 0 bridgehead atoms. The zero-order valence-corrected chi connectivity index (χ0v) is 15.6. The molecule has 2 aromatic carbocycles. The van der Waals surface area contributed by atoms with Gasteiger partial charge >= 0.3 is 0 Å². The number of carbonyl (C=O) groups excluding carboxylic acids is 1. The molecule has 0 N–H and O–H groups in total. The highest BCUT2D eigenvalue weighted by Crippen LogP contribution is 2.25.